The molecule has 0 heterocycles. The highest BCUT2D eigenvalue weighted by Crippen LogP contribution is 2.46. The molecule has 1 aromatic rings. The Bertz CT molecular complexity index is 497. The number of sulfonamides is 1. The molecule has 0 radical (unpaired) electrons. The van der Waals surface area contributed by atoms with Crippen LogP contribution in [0.4, 0.5) is 0 Å². The fourth-order valence-electron chi connectivity index (χ4n) is 1.48. The largest absolute Gasteiger partial charge is 0.240 e. The summed E-state index contributed by atoms with van der Waals surface area (Å²) in [5.41, 5.74) is -0.00993. The van der Waals surface area contributed by atoms with E-state index in [1.165, 1.54) is 0 Å². The molecule has 1 N–H and O–H groups in total. The van der Waals surface area contributed by atoms with Gasteiger partial charge in [-0.05, 0) is 42.5 Å². The third-order valence-corrected chi connectivity index (χ3v) is 5.51. The monoisotopic (exact) mass is 337 g/mol. The van der Waals surface area contributed by atoms with E-state index in [4.69, 9.17) is 11.6 Å². The van der Waals surface area contributed by atoms with Gasteiger partial charge in [-0.1, -0.05) is 15.9 Å². The number of rotatable bonds is 5. The molecule has 0 aliphatic heterocycles. The lowest BCUT2D eigenvalue weighted by Gasteiger charge is -2.12. The van der Waals surface area contributed by atoms with Crippen molar-refractivity contribution < 1.29 is 8.42 Å². The van der Waals surface area contributed by atoms with Crippen molar-refractivity contribution >= 4 is 37.6 Å². The summed E-state index contributed by atoms with van der Waals surface area (Å²) in [6.45, 7) is 0.425. The van der Waals surface area contributed by atoms with E-state index in [2.05, 4.69) is 20.7 Å². The highest BCUT2D eigenvalue weighted by atomic mass is 79.9. The average Bonchev–Trinajstić information content (AvgIpc) is 3.08. The Kier molecular flexibility index (Phi) is 3.83. The summed E-state index contributed by atoms with van der Waals surface area (Å²) in [5, 5.41) is 0. The Labute approximate surface area is 115 Å². The predicted octanol–water partition coefficient (Wildman–Crippen LogP) is 2.75. The van der Waals surface area contributed by atoms with Crippen LogP contribution in [-0.4, -0.2) is 20.8 Å². The van der Waals surface area contributed by atoms with Crippen molar-refractivity contribution in [1.29, 1.82) is 0 Å². The van der Waals surface area contributed by atoms with Crippen LogP contribution < -0.4 is 4.72 Å². The van der Waals surface area contributed by atoms with E-state index in [0.29, 0.717) is 12.4 Å². The Hall–Kier alpha value is -0.100. The lowest BCUT2D eigenvalue weighted by Crippen LogP contribution is -2.31. The fourth-order valence-corrected chi connectivity index (χ4v) is 3.26. The van der Waals surface area contributed by atoms with Crippen LogP contribution in [0.1, 0.15) is 12.8 Å². The zero-order chi connectivity index (χ0) is 12.5. The van der Waals surface area contributed by atoms with Crippen LogP contribution in [0.3, 0.4) is 0 Å². The average molecular weight is 339 g/mol. The minimum absolute atomic E-state index is 0.00993. The Morgan fingerprint density at radius 1 is 1.29 bits per heavy atom. The molecular formula is C11H13BrClNO2S. The van der Waals surface area contributed by atoms with Crippen LogP contribution in [0.2, 0.25) is 0 Å². The molecule has 1 aliphatic carbocycles. The molecule has 3 nitrogen and oxygen atoms in total. The van der Waals surface area contributed by atoms with Crippen LogP contribution in [0, 0.1) is 5.41 Å². The molecule has 0 aromatic heterocycles. The lowest BCUT2D eigenvalue weighted by molar-refractivity contribution is 0.534. The third-order valence-electron chi connectivity index (χ3n) is 3.00. The molecule has 1 aliphatic rings. The predicted molar refractivity (Wildman–Crippen MR) is 71.7 cm³/mol. The van der Waals surface area contributed by atoms with Gasteiger partial charge in [0, 0.05) is 16.9 Å². The number of nitrogens with one attached hydrogen (secondary N) is 1. The van der Waals surface area contributed by atoms with E-state index >= 15 is 0 Å². The molecule has 94 valence electrons. The number of benzene rings is 1. The van der Waals surface area contributed by atoms with Crippen LogP contribution in [-0.2, 0) is 10.0 Å². The smallest absolute Gasteiger partial charge is 0.211 e. The first-order valence-corrected chi connectivity index (χ1v) is 8.10. The normalized spacial score (nSPS) is 18.0. The van der Waals surface area contributed by atoms with Crippen molar-refractivity contribution in [1.82, 2.24) is 4.72 Å². The summed E-state index contributed by atoms with van der Waals surface area (Å²) < 4.78 is 27.4. The summed E-state index contributed by atoms with van der Waals surface area (Å²) in [5.74, 6) is 0.510. The molecule has 6 heteroatoms. The summed E-state index contributed by atoms with van der Waals surface area (Å²) in [6, 6.07) is 6.57. The van der Waals surface area contributed by atoms with Gasteiger partial charge in [-0.3, -0.25) is 0 Å². The van der Waals surface area contributed by atoms with Crippen LogP contribution in [0.25, 0.3) is 0 Å². The molecule has 0 amide bonds. The molecule has 0 atom stereocenters. The van der Waals surface area contributed by atoms with Gasteiger partial charge in [0.2, 0.25) is 10.0 Å². The summed E-state index contributed by atoms with van der Waals surface area (Å²) >= 11 is 9.08. The first kappa shape index (κ1) is 13.3. The van der Waals surface area contributed by atoms with Gasteiger partial charge in [0.05, 0.1) is 4.90 Å². The van der Waals surface area contributed by atoms with Crippen molar-refractivity contribution in [3.63, 3.8) is 0 Å². The van der Waals surface area contributed by atoms with Gasteiger partial charge in [-0.2, -0.15) is 0 Å². The number of hydrogen-bond acceptors (Lipinski definition) is 2. The van der Waals surface area contributed by atoms with Gasteiger partial charge in [-0.15, -0.1) is 11.6 Å². The lowest BCUT2D eigenvalue weighted by atomic mass is 10.1. The van der Waals surface area contributed by atoms with Crippen LogP contribution in [0.5, 0.6) is 0 Å². The highest BCUT2D eigenvalue weighted by Gasteiger charge is 2.42. The van der Waals surface area contributed by atoms with E-state index in [0.717, 1.165) is 17.3 Å². The molecule has 0 spiro atoms. The quantitative estimate of drug-likeness (QED) is 0.839. The van der Waals surface area contributed by atoms with E-state index < -0.39 is 10.0 Å². The minimum Gasteiger partial charge on any atom is -0.211 e. The fraction of sp³-hybridized carbons (Fsp3) is 0.455. The van der Waals surface area contributed by atoms with Crippen molar-refractivity contribution in [2.45, 2.75) is 17.7 Å². The second-order valence-electron chi connectivity index (χ2n) is 4.41. The van der Waals surface area contributed by atoms with Crippen LogP contribution >= 0.6 is 27.5 Å². The second-order valence-corrected chi connectivity index (χ2v) is 7.36. The SMILES string of the molecule is O=S(=O)(NCC1(CCl)CC1)c1ccc(Br)cc1. The molecule has 0 saturated heterocycles. The standard InChI is InChI=1S/C11H13BrClNO2S/c12-9-1-3-10(4-2-9)17(15,16)14-8-11(7-13)5-6-11/h1-4,14H,5-8H2. The van der Waals surface area contributed by atoms with Gasteiger partial charge in [0.25, 0.3) is 0 Å². The Morgan fingerprint density at radius 3 is 2.35 bits per heavy atom. The van der Waals surface area contributed by atoms with Crippen LogP contribution in [0.15, 0.2) is 33.6 Å². The molecule has 17 heavy (non-hydrogen) atoms. The third kappa shape index (κ3) is 3.22. The van der Waals surface area contributed by atoms with Crippen molar-refractivity contribution in [2.24, 2.45) is 5.41 Å². The number of alkyl halides is 1. The van der Waals surface area contributed by atoms with E-state index in [1.807, 2.05) is 0 Å². The first-order chi connectivity index (χ1) is 7.97. The molecule has 0 unspecified atom stereocenters. The maximum Gasteiger partial charge on any atom is 0.240 e. The van der Waals surface area contributed by atoms with Crippen molar-refractivity contribution in [2.75, 3.05) is 12.4 Å². The molecule has 0 bridgehead atoms. The van der Waals surface area contributed by atoms with Gasteiger partial charge in [0.1, 0.15) is 0 Å². The molecule has 1 aromatic carbocycles. The second kappa shape index (κ2) is 4.88. The molecule has 2 rings (SSSR count). The zero-order valence-electron chi connectivity index (χ0n) is 9.12. The molecule has 1 fully saturated rings. The van der Waals surface area contributed by atoms with Gasteiger partial charge in [0.15, 0.2) is 0 Å². The maximum absolute atomic E-state index is 12.0. The van der Waals surface area contributed by atoms with E-state index in [-0.39, 0.29) is 10.3 Å². The molecule has 1 saturated carbocycles. The first-order valence-electron chi connectivity index (χ1n) is 5.29. The summed E-state index contributed by atoms with van der Waals surface area (Å²) in [6.07, 6.45) is 2.00. The maximum atomic E-state index is 12.0. The summed E-state index contributed by atoms with van der Waals surface area (Å²) in [4.78, 5) is 0.283. The number of halogens is 2. The molecular weight excluding hydrogens is 326 g/mol. The number of hydrogen-bond donors (Lipinski definition) is 1. The zero-order valence-corrected chi connectivity index (χ0v) is 12.3. The highest BCUT2D eigenvalue weighted by molar-refractivity contribution is 9.10. The van der Waals surface area contributed by atoms with Crippen molar-refractivity contribution in [3.05, 3.63) is 28.7 Å². The Morgan fingerprint density at radius 2 is 1.88 bits per heavy atom. The van der Waals surface area contributed by atoms with Gasteiger partial charge < -0.3 is 0 Å². The minimum atomic E-state index is -3.41. The van der Waals surface area contributed by atoms with E-state index in [1.54, 1.807) is 24.3 Å². The van der Waals surface area contributed by atoms with Gasteiger partial charge in [-0.25, -0.2) is 13.1 Å². The van der Waals surface area contributed by atoms with Gasteiger partial charge >= 0.3 is 0 Å². The van der Waals surface area contributed by atoms with E-state index in [9.17, 15) is 8.42 Å². The Balaban J connectivity index is 2.06. The topological polar surface area (TPSA) is 46.2 Å². The summed E-state index contributed by atoms with van der Waals surface area (Å²) in [7, 11) is -3.41. The van der Waals surface area contributed by atoms with Crippen molar-refractivity contribution in [3.8, 4) is 0 Å².